The van der Waals surface area contributed by atoms with Crippen LogP contribution in [0.3, 0.4) is 0 Å². The first kappa shape index (κ1) is 21.1. The molecule has 1 fully saturated rings. The summed E-state index contributed by atoms with van der Waals surface area (Å²) in [7, 11) is 1.43. The van der Waals surface area contributed by atoms with Gasteiger partial charge in [-0.25, -0.2) is 4.39 Å². The largest absolute Gasteiger partial charge is 0.493 e. The van der Waals surface area contributed by atoms with E-state index in [1.165, 1.54) is 24.3 Å². The predicted molar refractivity (Wildman–Crippen MR) is 116 cm³/mol. The van der Waals surface area contributed by atoms with Crippen LogP contribution in [0.5, 0.6) is 5.75 Å². The Morgan fingerprint density at radius 2 is 1.90 bits per heavy atom. The van der Waals surface area contributed by atoms with Crippen molar-refractivity contribution in [3.05, 3.63) is 63.9 Å². The normalized spacial score (nSPS) is 18.1. The summed E-state index contributed by atoms with van der Waals surface area (Å²) >= 11 is 6.00. The summed E-state index contributed by atoms with van der Waals surface area (Å²) in [6, 6.07) is 11.2. The van der Waals surface area contributed by atoms with Crippen molar-refractivity contribution in [1.82, 2.24) is 15.5 Å². The van der Waals surface area contributed by atoms with E-state index >= 15 is 0 Å². The first-order valence-electron chi connectivity index (χ1n) is 10.4. The molecule has 2 aromatic carbocycles. The molecular weight excluding hydrogens is 405 g/mol. The summed E-state index contributed by atoms with van der Waals surface area (Å²) in [4.78, 5) is 15.8. The lowest BCUT2D eigenvalue weighted by Crippen LogP contribution is -2.64. The molecular formula is C23H27ClFN3O2. The number of nitrogens with zero attached hydrogens (tertiary/aromatic N) is 1. The number of nitrogens with one attached hydrogen (secondary N) is 2. The number of methoxy groups -OCH3 is 1. The maximum atomic E-state index is 14.1. The third-order valence-electron chi connectivity index (χ3n) is 6.20. The quantitative estimate of drug-likeness (QED) is 0.738. The first-order valence-corrected chi connectivity index (χ1v) is 10.7. The van der Waals surface area contributed by atoms with Crippen LogP contribution in [0.2, 0.25) is 5.02 Å². The second kappa shape index (κ2) is 8.92. The summed E-state index contributed by atoms with van der Waals surface area (Å²) in [5, 5.41) is 6.80. The topological polar surface area (TPSA) is 53.6 Å². The van der Waals surface area contributed by atoms with Crippen LogP contribution < -0.4 is 15.4 Å². The lowest BCUT2D eigenvalue weighted by Gasteiger charge is -2.42. The molecule has 0 unspecified atom stereocenters. The molecule has 5 nitrogen and oxygen atoms in total. The van der Waals surface area contributed by atoms with Crippen molar-refractivity contribution in [1.29, 1.82) is 0 Å². The molecule has 1 aliphatic heterocycles. The summed E-state index contributed by atoms with van der Waals surface area (Å²) in [6.45, 7) is 3.83. The fourth-order valence-electron chi connectivity index (χ4n) is 4.72. The van der Waals surface area contributed by atoms with Gasteiger partial charge in [-0.15, -0.1) is 0 Å². The van der Waals surface area contributed by atoms with Crippen molar-refractivity contribution >= 4 is 17.5 Å². The number of hydrogen-bond donors (Lipinski definition) is 2. The molecule has 1 heterocycles. The number of carbonyl (C=O) groups is 1. The van der Waals surface area contributed by atoms with Gasteiger partial charge in [-0.1, -0.05) is 35.9 Å². The van der Waals surface area contributed by atoms with Gasteiger partial charge < -0.3 is 15.4 Å². The standard InChI is InChI=1S/C23H27ClFN3O2/c1-30-21-16(12-19(24)13-20(21)25)6-7-27-22(29)23(28-10-8-26-9-11-28)14-17-4-2-3-5-18(17)15-23/h2-5,12-13,26H,6-11,14-15H2,1H3,(H,27,29). The highest BCUT2D eigenvalue weighted by Crippen LogP contribution is 2.35. The van der Waals surface area contributed by atoms with E-state index in [9.17, 15) is 9.18 Å². The molecule has 0 bridgehead atoms. The zero-order valence-corrected chi connectivity index (χ0v) is 17.9. The number of rotatable bonds is 6. The van der Waals surface area contributed by atoms with Crippen molar-refractivity contribution in [3.8, 4) is 5.75 Å². The van der Waals surface area contributed by atoms with E-state index in [0.29, 0.717) is 36.4 Å². The molecule has 160 valence electrons. The van der Waals surface area contributed by atoms with Crippen molar-refractivity contribution in [2.24, 2.45) is 0 Å². The Morgan fingerprint density at radius 3 is 2.53 bits per heavy atom. The van der Waals surface area contributed by atoms with Gasteiger partial charge in [0.2, 0.25) is 5.91 Å². The number of benzene rings is 2. The van der Waals surface area contributed by atoms with Gasteiger partial charge in [-0.2, -0.15) is 0 Å². The number of fused-ring (bicyclic) bond motifs is 1. The molecule has 0 spiro atoms. The average Bonchev–Trinajstić information content (AvgIpc) is 3.15. The monoisotopic (exact) mass is 431 g/mol. The molecule has 2 N–H and O–H groups in total. The highest BCUT2D eigenvalue weighted by molar-refractivity contribution is 6.30. The minimum absolute atomic E-state index is 0.0297. The maximum Gasteiger partial charge on any atom is 0.241 e. The Morgan fingerprint density at radius 1 is 1.23 bits per heavy atom. The van der Waals surface area contributed by atoms with E-state index < -0.39 is 11.4 Å². The van der Waals surface area contributed by atoms with Crippen LogP contribution in [0.1, 0.15) is 16.7 Å². The van der Waals surface area contributed by atoms with Gasteiger partial charge >= 0.3 is 0 Å². The number of carbonyl (C=O) groups excluding carboxylic acids is 1. The number of piperazine rings is 1. The van der Waals surface area contributed by atoms with Crippen LogP contribution in [0.25, 0.3) is 0 Å². The molecule has 1 amide bonds. The van der Waals surface area contributed by atoms with E-state index in [4.69, 9.17) is 16.3 Å². The van der Waals surface area contributed by atoms with E-state index in [0.717, 1.165) is 26.2 Å². The van der Waals surface area contributed by atoms with Crippen LogP contribution in [-0.2, 0) is 24.1 Å². The molecule has 4 rings (SSSR count). The van der Waals surface area contributed by atoms with Crippen molar-refractivity contribution < 1.29 is 13.9 Å². The van der Waals surface area contributed by atoms with Gasteiger partial charge in [0.25, 0.3) is 0 Å². The molecule has 1 aliphatic carbocycles. The summed E-state index contributed by atoms with van der Waals surface area (Å²) < 4.78 is 19.3. The van der Waals surface area contributed by atoms with Gasteiger partial charge in [0.05, 0.1) is 7.11 Å². The van der Waals surface area contributed by atoms with Gasteiger partial charge in [-0.3, -0.25) is 9.69 Å². The Kier molecular flexibility index (Phi) is 6.27. The van der Waals surface area contributed by atoms with Crippen molar-refractivity contribution in [2.75, 3.05) is 39.8 Å². The fourth-order valence-corrected chi connectivity index (χ4v) is 4.95. The highest BCUT2D eigenvalue weighted by Gasteiger charge is 2.48. The van der Waals surface area contributed by atoms with Gasteiger partial charge in [0.15, 0.2) is 11.6 Å². The maximum absolute atomic E-state index is 14.1. The lowest BCUT2D eigenvalue weighted by atomic mass is 9.91. The summed E-state index contributed by atoms with van der Waals surface area (Å²) in [6.07, 6.45) is 1.87. The number of hydrogen-bond acceptors (Lipinski definition) is 4. The molecule has 0 atom stereocenters. The van der Waals surface area contributed by atoms with Gasteiger partial charge in [0, 0.05) is 56.2 Å². The van der Waals surface area contributed by atoms with Gasteiger partial charge in [0.1, 0.15) is 5.54 Å². The minimum Gasteiger partial charge on any atom is -0.493 e. The molecule has 0 radical (unpaired) electrons. The third-order valence-corrected chi connectivity index (χ3v) is 6.42. The van der Waals surface area contributed by atoms with E-state index in [2.05, 4.69) is 27.7 Å². The number of halogens is 2. The van der Waals surface area contributed by atoms with Crippen LogP contribution in [0.15, 0.2) is 36.4 Å². The minimum atomic E-state index is -0.574. The molecule has 7 heteroatoms. The molecule has 2 aliphatic rings. The predicted octanol–water partition coefficient (Wildman–Crippen LogP) is 2.59. The first-order chi connectivity index (χ1) is 14.5. The summed E-state index contributed by atoms with van der Waals surface area (Å²) in [5.74, 6) is -0.282. The Labute approximate surface area is 181 Å². The SMILES string of the molecule is COc1c(F)cc(Cl)cc1CCNC(=O)C1(N2CCNCC2)Cc2ccccc2C1. The second-order valence-corrected chi connectivity index (χ2v) is 8.41. The lowest BCUT2D eigenvalue weighted by molar-refractivity contribution is -0.133. The molecule has 0 aromatic heterocycles. The Balaban J connectivity index is 1.50. The number of amides is 1. The highest BCUT2D eigenvalue weighted by atomic mass is 35.5. The fraction of sp³-hybridized carbons (Fsp3) is 0.435. The second-order valence-electron chi connectivity index (χ2n) is 7.98. The van der Waals surface area contributed by atoms with Gasteiger partial charge in [-0.05, 0) is 29.7 Å². The molecule has 30 heavy (non-hydrogen) atoms. The van der Waals surface area contributed by atoms with Crippen LogP contribution in [0.4, 0.5) is 4.39 Å². The zero-order chi connectivity index (χ0) is 21.1. The Hall–Kier alpha value is -2.15. The van der Waals surface area contributed by atoms with E-state index in [-0.39, 0.29) is 11.7 Å². The zero-order valence-electron chi connectivity index (χ0n) is 17.1. The summed E-state index contributed by atoms with van der Waals surface area (Å²) in [5.41, 5.74) is 2.55. The van der Waals surface area contributed by atoms with Crippen LogP contribution >= 0.6 is 11.6 Å². The molecule has 2 aromatic rings. The van der Waals surface area contributed by atoms with Crippen molar-refractivity contribution in [3.63, 3.8) is 0 Å². The number of ether oxygens (including phenoxy) is 1. The smallest absolute Gasteiger partial charge is 0.241 e. The third kappa shape index (κ3) is 4.04. The van der Waals surface area contributed by atoms with Crippen LogP contribution in [-0.4, -0.2) is 56.2 Å². The molecule has 0 saturated carbocycles. The van der Waals surface area contributed by atoms with E-state index in [1.54, 1.807) is 6.07 Å². The molecule has 1 saturated heterocycles. The average molecular weight is 432 g/mol. The Bertz CT molecular complexity index is 906. The van der Waals surface area contributed by atoms with Crippen molar-refractivity contribution in [2.45, 2.75) is 24.8 Å². The van der Waals surface area contributed by atoms with Crippen LogP contribution in [0, 0.1) is 5.82 Å². The van der Waals surface area contributed by atoms with E-state index in [1.807, 2.05) is 12.1 Å².